The molecule has 2 N–H and O–H groups in total. The number of aromatic nitrogens is 4. The number of benzene rings is 1. The monoisotopic (exact) mass is 319 g/mol. The van der Waals surface area contributed by atoms with E-state index in [9.17, 15) is 8.78 Å². The maximum atomic E-state index is 13.3. The van der Waals surface area contributed by atoms with Gasteiger partial charge in [-0.1, -0.05) is 0 Å². The van der Waals surface area contributed by atoms with E-state index in [0.29, 0.717) is 11.0 Å². The number of nitrogens with zero attached hydrogens (tertiary/aromatic N) is 4. The van der Waals surface area contributed by atoms with Crippen LogP contribution >= 0.6 is 0 Å². The lowest BCUT2D eigenvalue weighted by molar-refractivity contribution is 0.348. The van der Waals surface area contributed by atoms with E-state index in [1.54, 1.807) is 4.68 Å². The molecule has 0 fully saturated rings. The maximum absolute atomic E-state index is 13.3. The molecule has 0 aliphatic carbocycles. The molecular formula is C15H15F2N5O. The molecule has 0 bridgehead atoms. The van der Waals surface area contributed by atoms with Crippen molar-refractivity contribution in [1.82, 2.24) is 19.7 Å². The third-order valence-electron chi connectivity index (χ3n) is 3.15. The molecule has 3 aromatic rings. The summed E-state index contributed by atoms with van der Waals surface area (Å²) in [6, 6.07) is 2.88. The van der Waals surface area contributed by atoms with Gasteiger partial charge in [0.2, 0.25) is 0 Å². The van der Waals surface area contributed by atoms with Crippen molar-refractivity contribution in [3.05, 3.63) is 36.2 Å². The first-order chi connectivity index (χ1) is 10.8. The third kappa shape index (κ3) is 2.79. The zero-order chi connectivity index (χ0) is 16.8. The minimum absolute atomic E-state index is 0.0220. The van der Waals surface area contributed by atoms with Crippen molar-refractivity contribution < 1.29 is 13.5 Å². The Morgan fingerprint density at radius 3 is 2.35 bits per heavy atom. The zero-order valence-corrected chi connectivity index (χ0v) is 12.8. The highest BCUT2D eigenvalue weighted by molar-refractivity contribution is 5.91. The highest BCUT2D eigenvalue weighted by atomic mass is 19.1. The van der Waals surface area contributed by atoms with Crippen molar-refractivity contribution in [2.75, 3.05) is 5.73 Å². The molecule has 3 rings (SSSR count). The number of hydrogen-bond donors (Lipinski definition) is 1. The summed E-state index contributed by atoms with van der Waals surface area (Å²) < 4.78 is 33.8. The molecule has 8 heteroatoms. The minimum atomic E-state index is -0.746. The Balaban J connectivity index is 2.17. The van der Waals surface area contributed by atoms with E-state index < -0.39 is 17.2 Å². The summed E-state index contributed by atoms with van der Waals surface area (Å²) in [6.45, 7) is 5.80. The van der Waals surface area contributed by atoms with Gasteiger partial charge < -0.3 is 10.5 Å². The van der Waals surface area contributed by atoms with Crippen LogP contribution in [0.4, 0.5) is 14.6 Å². The maximum Gasteiger partial charge on any atom is 0.251 e. The molecule has 0 saturated carbocycles. The van der Waals surface area contributed by atoms with Crippen molar-refractivity contribution in [2.24, 2.45) is 0 Å². The largest absolute Gasteiger partial charge is 0.437 e. The molecule has 0 aliphatic heterocycles. The molecule has 0 amide bonds. The molecule has 6 nitrogen and oxygen atoms in total. The summed E-state index contributed by atoms with van der Waals surface area (Å²) in [4.78, 5) is 8.11. The van der Waals surface area contributed by atoms with Gasteiger partial charge in [0, 0.05) is 18.2 Å². The van der Waals surface area contributed by atoms with Crippen molar-refractivity contribution in [3.8, 4) is 11.6 Å². The average molecular weight is 319 g/mol. The number of rotatable bonds is 2. The Bertz CT molecular complexity index is 865. The Hall–Kier alpha value is -2.77. The number of nitrogen functional groups attached to an aromatic ring is 1. The predicted molar refractivity (Wildman–Crippen MR) is 81.2 cm³/mol. The van der Waals surface area contributed by atoms with Gasteiger partial charge in [-0.25, -0.2) is 23.4 Å². The first-order valence-corrected chi connectivity index (χ1v) is 6.89. The fourth-order valence-electron chi connectivity index (χ4n) is 2.18. The summed E-state index contributed by atoms with van der Waals surface area (Å²) in [7, 11) is 0. The van der Waals surface area contributed by atoms with Gasteiger partial charge in [-0.15, -0.1) is 5.10 Å². The van der Waals surface area contributed by atoms with Gasteiger partial charge in [-0.05, 0) is 20.8 Å². The van der Waals surface area contributed by atoms with Crippen LogP contribution in [0.3, 0.4) is 0 Å². The van der Waals surface area contributed by atoms with Gasteiger partial charge in [0.1, 0.15) is 34.9 Å². The SMILES string of the molecule is CC(C)(C)n1nc(Oc2cc(F)cc(F)c2)c2c(N)ncnc21. The van der Waals surface area contributed by atoms with Crippen molar-refractivity contribution in [3.63, 3.8) is 0 Å². The molecule has 23 heavy (non-hydrogen) atoms. The van der Waals surface area contributed by atoms with E-state index in [4.69, 9.17) is 10.5 Å². The van der Waals surface area contributed by atoms with Crippen LogP contribution < -0.4 is 10.5 Å². The molecule has 0 aliphatic rings. The van der Waals surface area contributed by atoms with Crippen LogP contribution in [0.2, 0.25) is 0 Å². The van der Waals surface area contributed by atoms with E-state index in [2.05, 4.69) is 15.1 Å². The van der Waals surface area contributed by atoms with E-state index in [0.717, 1.165) is 18.2 Å². The summed E-state index contributed by atoms with van der Waals surface area (Å²) in [5.41, 5.74) is 5.98. The standard InChI is InChI=1S/C15H15F2N5O/c1-15(2,3)22-13-11(12(18)19-7-20-13)14(21-22)23-10-5-8(16)4-9(17)6-10/h4-7H,1-3H3,(H2,18,19,20). The number of nitrogens with two attached hydrogens (primary N) is 1. The highest BCUT2D eigenvalue weighted by Crippen LogP contribution is 2.34. The minimum Gasteiger partial charge on any atom is -0.437 e. The van der Waals surface area contributed by atoms with E-state index in [1.807, 2.05) is 20.8 Å². The smallest absolute Gasteiger partial charge is 0.251 e. The molecule has 0 saturated heterocycles. The number of hydrogen-bond acceptors (Lipinski definition) is 5. The summed E-state index contributed by atoms with van der Waals surface area (Å²) >= 11 is 0. The molecule has 2 aromatic heterocycles. The lowest BCUT2D eigenvalue weighted by Gasteiger charge is -2.19. The van der Waals surface area contributed by atoms with Crippen molar-refractivity contribution in [1.29, 1.82) is 0 Å². The Morgan fingerprint density at radius 2 is 1.74 bits per heavy atom. The normalized spacial score (nSPS) is 11.9. The fourth-order valence-corrected chi connectivity index (χ4v) is 2.18. The quantitative estimate of drug-likeness (QED) is 0.784. The van der Waals surface area contributed by atoms with E-state index in [1.165, 1.54) is 6.33 Å². The Morgan fingerprint density at radius 1 is 1.09 bits per heavy atom. The van der Waals surface area contributed by atoms with Crippen LogP contribution in [0.1, 0.15) is 20.8 Å². The average Bonchev–Trinajstić information content (AvgIpc) is 2.77. The van der Waals surface area contributed by atoms with Crippen LogP contribution in [-0.4, -0.2) is 19.7 Å². The van der Waals surface area contributed by atoms with E-state index in [-0.39, 0.29) is 17.4 Å². The third-order valence-corrected chi connectivity index (χ3v) is 3.15. The number of ether oxygens (including phenoxy) is 1. The fraction of sp³-hybridized carbons (Fsp3) is 0.267. The molecule has 2 heterocycles. The van der Waals surface area contributed by atoms with Crippen molar-refractivity contribution >= 4 is 16.9 Å². The number of anilines is 1. The van der Waals surface area contributed by atoms with Gasteiger partial charge in [0.25, 0.3) is 5.88 Å². The van der Waals surface area contributed by atoms with Crippen LogP contribution in [0.15, 0.2) is 24.5 Å². The van der Waals surface area contributed by atoms with E-state index >= 15 is 0 Å². The van der Waals surface area contributed by atoms with Crippen molar-refractivity contribution in [2.45, 2.75) is 26.3 Å². The van der Waals surface area contributed by atoms with Gasteiger partial charge in [-0.3, -0.25) is 0 Å². The molecular weight excluding hydrogens is 304 g/mol. The topological polar surface area (TPSA) is 78.9 Å². The predicted octanol–water partition coefficient (Wildman–Crippen LogP) is 3.23. The van der Waals surface area contributed by atoms with Crippen LogP contribution in [-0.2, 0) is 5.54 Å². The first-order valence-electron chi connectivity index (χ1n) is 6.89. The lowest BCUT2D eigenvalue weighted by Crippen LogP contribution is -2.23. The highest BCUT2D eigenvalue weighted by Gasteiger charge is 2.24. The van der Waals surface area contributed by atoms with Crippen LogP contribution in [0.25, 0.3) is 11.0 Å². The van der Waals surface area contributed by atoms with Crippen LogP contribution in [0, 0.1) is 11.6 Å². The molecule has 0 unspecified atom stereocenters. The molecule has 0 radical (unpaired) electrons. The molecule has 1 aromatic carbocycles. The second-order valence-electron chi connectivity index (χ2n) is 6.05. The Kier molecular flexibility index (Phi) is 3.39. The van der Waals surface area contributed by atoms with Gasteiger partial charge in [-0.2, -0.15) is 0 Å². The second-order valence-corrected chi connectivity index (χ2v) is 6.05. The second kappa shape index (κ2) is 5.15. The summed E-state index contributed by atoms with van der Waals surface area (Å²) in [6.07, 6.45) is 1.33. The first kappa shape index (κ1) is 15.1. The number of halogens is 2. The van der Waals surface area contributed by atoms with Crippen LogP contribution in [0.5, 0.6) is 11.6 Å². The van der Waals surface area contributed by atoms with Gasteiger partial charge in [0.15, 0.2) is 5.65 Å². The molecule has 0 spiro atoms. The van der Waals surface area contributed by atoms with Gasteiger partial charge in [0.05, 0.1) is 5.54 Å². The summed E-state index contributed by atoms with van der Waals surface area (Å²) in [5.74, 6) is -1.24. The lowest BCUT2D eigenvalue weighted by atomic mass is 10.1. The number of fused-ring (bicyclic) bond motifs is 1. The van der Waals surface area contributed by atoms with Gasteiger partial charge >= 0.3 is 0 Å². The zero-order valence-electron chi connectivity index (χ0n) is 12.8. The molecule has 120 valence electrons. The summed E-state index contributed by atoms with van der Waals surface area (Å²) in [5, 5.41) is 4.74. The Labute approximate surface area is 130 Å². The molecule has 0 atom stereocenters.